The highest BCUT2D eigenvalue weighted by Gasteiger charge is 2.32. The number of ether oxygens (including phenoxy) is 2. The molecule has 0 amide bonds. The fourth-order valence-corrected chi connectivity index (χ4v) is 5.43. The third-order valence-electron chi connectivity index (χ3n) is 5.44. The minimum Gasteiger partial charge on any atom is -0.462 e. The van der Waals surface area contributed by atoms with Crippen LogP contribution in [0.15, 0.2) is 55.4 Å². The van der Waals surface area contributed by atoms with Gasteiger partial charge in [-0.25, -0.2) is 30.0 Å². The standard InChI is InChI=1S/C25H31N8O5P/c1-16(2)37-25(34)18(4)32-39(35,38-20-8-6-19(7-9-20)23-27-10-5-11-28-23)15-36-17(3)12-33-14-31-21-22(26)29-13-30-24(21)33/h5-11,13-14,16-18H,12,15H2,1-4H3,(H,32,35)(H2,26,29,30)/t17-,18+,39?/m1/s1. The molecular formula is C25H31N8O5P. The first-order valence-corrected chi connectivity index (χ1v) is 14.1. The fraction of sp³-hybridized carbons (Fsp3) is 0.360. The third kappa shape index (κ3) is 7.34. The molecule has 3 N–H and O–H groups in total. The molecule has 0 aliphatic rings. The van der Waals surface area contributed by atoms with Gasteiger partial charge in [0.2, 0.25) is 0 Å². The zero-order chi connectivity index (χ0) is 28.0. The van der Waals surface area contributed by atoms with Gasteiger partial charge in [-0.1, -0.05) is 0 Å². The molecule has 0 aliphatic carbocycles. The second-order valence-corrected chi connectivity index (χ2v) is 11.2. The Kier molecular flexibility index (Phi) is 8.85. The van der Waals surface area contributed by atoms with Crippen LogP contribution in [0.5, 0.6) is 5.75 Å². The van der Waals surface area contributed by atoms with E-state index < -0.39 is 25.6 Å². The molecule has 4 aromatic rings. The molecule has 3 atom stereocenters. The highest BCUT2D eigenvalue weighted by molar-refractivity contribution is 7.57. The van der Waals surface area contributed by atoms with Gasteiger partial charge >= 0.3 is 13.5 Å². The molecule has 3 heterocycles. The minimum atomic E-state index is -3.76. The van der Waals surface area contributed by atoms with E-state index in [1.54, 1.807) is 74.4 Å². The number of imidazole rings is 1. The Morgan fingerprint density at radius 2 is 1.77 bits per heavy atom. The highest BCUT2D eigenvalue weighted by atomic mass is 31.2. The van der Waals surface area contributed by atoms with E-state index in [2.05, 4.69) is 30.0 Å². The smallest absolute Gasteiger partial charge is 0.342 e. The zero-order valence-electron chi connectivity index (χ0n) is 22.1. The van der Waals surface area contributed by atoms with E-state index >= 15 is 0 Å². The molecule has 39 heavy (non-hydrogen) atoms. The summed E-state index contributed by atoms with van der Waals surface area (Å²) in [5, 5.41) is 2.80. The van der Waals surface area contributed by atoms with E-state index in [1.807, 2.05) is 6.92 Å². The van der Waals surface area contributed by atoms with Crippen molar-refractivity contribution < 1.29 is 23.4 Å². The van der Waals surface area contributed by atoms with Crippen molar-refractivity contribution in [1.29, 1.82) is 0 Å². The van der Waals surface area contributed by atoms with Crippen molar-refractivity contribution >= 4 is 30.5 Å². The summed E-state index contributed by atoms with van der Waals surface area (Å²) < 4.78 is 32.8. The first-order valence-electron chi connectivity index (χ1n) is 12.3. The number of anilines is 1. The Bertz CT molecular complexity index is 1450. The van der Waals surface area contributed by atoms with Gasteiger partial charge < -0.3 is 24.3 Å². The van der Waals surface area contributed by atoms with Crippen molar-refractivity contribution in [2.45, 2.75) is 52.5 Å². The molecule has 0 aliphatic heterocycles. The van der Waals surface area contributed by atoms with Crippen LogP contribution in [0.4, 0.5) is 5.82 Å². The average molecular weight is 555 g/mol. The van der Waals surface area contributed by atoms with Crippen LogP contribution in [0.3, 0.4) is 0 Å². The molecule has 0 saturated heterocycles. The van der Waals surface area contributed by atoms with Gasteiger partial charge in [-0.05, 0) is 58.0 Å². The Hall–Kier alpha value is -3.93. The van der Waals surface area contributed by atoms with Crippen molar-refractivity contribution in [2.75, 3.05) is 12.1 Å². The molecule has 1 unspecified atom stereocenters. The minimum absolute atomic E-state index is 0.279. The Morgan fingerprint density at radius 1 is 1.05 bits per heavy atom. The van der Waals surface area contributed by atoms with Gasteiger partial charge in [0.1, 0.15) is 30.0 Å². The summed E-state index contributed by atoms with van der Waals surface area (Å²) in [4.78, 5) is 33.3. The molecule has 14 heteroatoms. The molecular weight excluding hydrogens is 523 g/mol. The van der Waals surface area contributed by atoms with Gasteiger partial charge in [0.05, 0.1) is 25.1 Å². The van der Waals surface area contributed by atoms with Crippen LogP contribution in [0.1, 0.15) is 27.7 Å². The van der Waals surface area contributed by atoms with Crippen LogP contribution in [0.25, 0.3) is 22.6 Å². The van der Waals surface area contributed by atoms with Gasteiger partial charge in [0.25, 0.3) is 0 Å². The van der Waals surface area contributed by atoms with E-state index in [9.17, 15) is 9.36 Å². The van der Waals surface area contributed by atoms with E-state index in [0.29, 0.717) is 29.3 Å². The third-order valence-corrected chi connectivity index (χ3v) is 7.21. The maximum Gasteiger partial charge on any atom is 0.342 e. The van der Waals surface area contributed by atoms with Gasteiger partial charge in [-0.15, -0.1) is 0 Å². The Balaban J connectivity index is 1.48. The SMILES string of the molecule is CC(C)OC(=O)[C@H](C)NP(=O)(CO[C@H](C)Cn1cnc2c(N)ncnc21)Oc1ccc(-c2ncccn2)cc1. The largest absolute Gasteiger partial charge is 0.462 e. The monoisotopic (exact) mass is 554 g/mol. The molecule has 0 bridgehead atoms. The maximum atomic E-state index is 14.0. The number of fused-ring (bicyclic) bond motifs is 1. The topological polar surface area (TPSA) is 169 Å². The van der Waals surface area contributed by atoms with Crippen LogP contribution in [0, 0.1) is 0 Å². The summed E-state index contributed by atoms with van der Waals surface area (Å²) in [7, 11) is -3.76. The summed E-state index contributed by atoms with van der Waals surface area (Å²) in [5.74, 6) is 0.591. The van der Waals surface area contributed by atoms with Crippen LogP contribution >= 0.6 is 7.52 Å². The first-order chi connectivity index (χ1) is 18.6. The Labute approximate surface area is 225 Å². The summed E-state index contributed by atoms with van der Waals surface area (Å²) in [6.45, 7) is 7.20. The summed E-state index contributed by atoms with van der Waals surface area (Å²) in [6, 6.07) is 7.64. The molecule has 4 rings (SSSR count). The van der Waals surface area contributed by atoms with Crippen LogP contribution in [-0.4, -0.2) is 60.1 Å². The molecule has 0 fully saturated rings. The lowest BCUT2D eigenvalue weighted by Gasteiger charge is -2.25. The average Bonchev–Trinajstić information content (AvgIpc) is 3.32. The number of nitrogen functional groups attached to an aromatic ring is 1. The van der Waals surface area contributed by atoms with E-state index in [0.717, 1.165) is 5.56 Å². The predicted molar refractivity (Wildman–Crippen MR) is 145 cm³/mol. The second-order valence-electron chi connectivity index (χ2n) is 9.13. The predicted octanol–water partition coefficient (Wildman–Crippen LogP) is 3.43. The number of hydrogen-bond donors (Lipinski definition) is 2. The Morgan fingerprint density at radius 3 is 2.46 bits per heavy atom. The van der Waals surface area contributed by atoms with Gasteiger partial charge in [-0.3, -0.25) is 9.36 Å². The van der Waals surface area contributed by atoms with E-state index in [4.69, 9.17) is 19.7 Å². The number of rotatable bonds is 12. The van der Waals surface area contributed by atoms with Gasteiger partial charge in [0, 0.05) is 18.0 Å². The lowest BCUT2D eigenvalue weighted by molar-refractivity contribution is -0.149. The first kappa shape index (κ1) is 28.1. The number of nitrogens with one attached hydrogen (secondary N) is 1. The quantitative estimate of drug-likeness (QED) is 0.193. The van der Waals surface area contributed by atoms with Crippen molar-refractivity contribution in [3.63, 3.8) is 0 Å². The summed E-state index contributed by atoms with van der Waals surface area (Å²) in [6.07, 6.45) is 5.18. The molecule has 13 nitrogen and oxygen atoms in total. The van der Waals surface area contributed by atoms with E-state index in [1.165, 1.54) is 6.33 Å². The summed E-state index contributed by atoms with van der Waals surface area (Å²) >= 11 is 0. The number of hydrogen-bond acceptors (Lipinski definition) is 11. The number of carbonyl (C=O) groups is 1. The maximum absolute atomic E-state index is 14.0. The van der Waals surface area contributed by atoms with Crippen LogP contribution in [0.2, 0.25) is 0 Å². The van der Waals surface area contributed by atoms with Crippen LogP contribution in [-0.2, 0) is 25.4 Å². The fourth-order valence-electron chi connectivity index (χ4n) is 3.64. The van der Waals surface area contributed by atoms with Crippen molar-refractivity contribution in [3.8, 4) is 17.1 Å². The molecule has 1 aromatic carbocycles. The molecule has 0 spiro atoms. The van der Waals surface area contributed by atoms with Gasteiger partial charge in [0.15, 0.2) is 17.3 Å². The molecule has 206 valence electrons. The van der Waals surface area contributed by atoms with Gasteiger partial charge in [-0.2, -0.15) is 0 Å². The lowest BCUT2D eigenvalue weighted by atomic mass is 10.2. The number of nitrogens with zero attached hydrogens (tertiary/aromatic N) is 6. The zero-order valence-corrected chi connectivity index (χ0v) is 23.0. The van der Waals surface area contributed by atoms with Crippen molar-refractivity contribution in [3.05, 3.63) is 55.4 Å². The molecule has 0 radical (unpaired) electrons. The normalized spacial score (nSPS) is 14.6. The molecule has 3 aromatic heterocycles. The summed E-state index contributed by atoms with van der Waals surface area (Å²) in [5.41, 5.74) is 7.68. The lowest BCUT2D eigenvalue weighted by Crippen LogP contribution is -2.37. The van der Waals surface area contributed by atoms with Crippen molar-refractivity contribution in [2.24, 2.45) is 0 Å². The molecule has 0 saturated carbocycles. The number of benzene rings is 1. The number of esters is 1. The highest BCUT2D eigenvalue weighted by Crippen LogP contribution is 2.44. The van der Waals surface area contributed by atoms with Crippen molar-refractivity contribution in [1.82, 2.24) is 34.6 Å². The number of carbonyl (C=O) groups excluding carboxylic acids is 1. The van der Waals surface area contributed by atoms with Crippen LogP contribution < -0.4 is 15.3 Å². The van der Waals surface area contributed by atoms with E-state index in [-0.39, 0.29) is 18.3 Å². The number of aromatic nitrogens is 6. The number of nitrogens with two attached hydrogens (primary N) is 1. The second kappa shape index (κ2) is 12.3.